The standard InChI is InChI=1S/C9H12N6O2S/c1-3-10-9-12-11-7(18-9)5-14-4-6(2)8(13-14)15(16)17/h4H,3,5H2,1-2H3,(H,10,12). The average molecular weight is 268 g/mol. The molecule has 0 unspecified atom stereocenters. The number of anilines is 1. The minimum Gasteiger partial charge on any atom is -0.360 e. The minimum absolute atomic E-state index is 0.119. The third kappa shape index (κ3) is 2.62. The molecule has 0 aliphatic heterocycles. The molecule has 0 amide bonds. The van der Waals surface area contributed by atoms with E-state index in [1.807, 2.05) is 6.92 Å². The van der Waals surface area contributed by atoms with Gasteiger partial charge < -0.3 is 15.4 Å². The Balaban J connectivity index is 2.13. The van der Waals surface area contributed by atoms with E-state index in [0.717, 1.165) is 16.7 Å². The highest BCUT2D eigenvalue weighted by atomic mass is 32.1. The first-order valence-electron chi connectivity index (χ1n) is 5.35. The lowest BCUT2D eigenvalue weighted by Crippen LogP contribution is -2.00. The molecule has 0 fully saturated rings. The number of nitrogens with one attached hydrogen (secondary N) is 1. The Labute approximate surface area is 107 Å². The van der Waals surface area contributed by atoms with Gasteiger partial charge in [0.15, 0.2) is 0 Å². The van der Waals surface area contributed by atoms with Crippen molar-refractivity contribution in [3.63, 3.8) is 0 Å². The Morgan fingerprint density at radius 1 is 1.56 bits per heavy atom. The summed E-state index contributed by atoms with van der Waals surface area (Å²) in [6.45, 7) is 4.80. The molecule has 0 aliphatic rings. The maximum atomic E-state index is 10.7. The van der Waals surface area contributed by atoms with Crippen molar-refractivity contribution in [3.8, 4) is 0 Å². The van der Waals surface area contributed by atoms with Crippen LogP contribution in [0.15, 0.2) is 6.20 Å². The molecule has 0 aliphatic carbocycles. The summed E-state index contributed by atoms with van der Waals surface area (Å²) in [6, 6.07) is 0. The van der Waals surface area contributed by atoms with Gasteiger partial charge in [-0.25, -0.2) is 0 Å². The quantitative estimate of drug-likeness (QED) is 0.650. The molecule has 0 aromatic carbocycles. The lowest BCUT2D eigenvalue weighted by molar-refractivity contribution is -0.390. The number of aryl methyl sites for hydroxylation is 1. The number of hydrogen-bond donors (Lipinski definition) is 1. The van der Waals surface area contributed by atoms with E-state index < -0.39 is 4.92 Å². The van der Waals surface area contributed by atoms with Crippen molar-refractivity contribution in [2.45, 2.75) is 20.4 Å². The van der Waals surface area contributed by atoms with E-state index in [1.54, 1.807) is 13.1 Å². The van der Waals surface area contributed by atoms with Gasteiger partial charge in [-0.1, -0.05) is 11.3 Å². The van der Waals surface area contributed by atoms with Crippen molar-refractivity contribution in [1.82, 2.24) is 20.0 Å². The summed E-state index contributed by atoms with van der Waals surface area (Å²) in [6.07, 6.45) is 1.63. The van der Waals surface area contributed by atoms with Crippen LogP contribution in [0.25, 0.3) is 0 Å². The van der Waals surface area contributed by atoms with Crippen molar-refractivity contribution < 1.29 is 4.92 Å². The summed E-state index contributed by atoms with van der Waals surface area (Å²) in [7, 11) is 0. The van der Waals surface area contributed by atoms with Crippen molar-refractivity contribution in [2.75, 3.05) is 11.9 Å². The monoisotopic (exact) mass is 268 g/mol. The molecule has 2 heterocycles. The Bertz CT molecular complexity index is 563. The van der Waals surface area contributed by atoms with Crippen molar-refractivity contribution >= 4 is 22.3 Å². The van der Waals surface area contributed by atoms with Crippen molar-refractivity contribution in [3.05, 3.63) is 26.9 Å². The number of nitrogens with zero attached hydrogens (tertiary/aromatic N) is 5. The van der Waals surface area contributed by atoms with Gasteiger partial charge in [0, 0.05) is 6.54 Å². The van der Waals surface area contributed by atoms with Crippen LogP contribution >= 0.6 is 11.3 Å². The van der Waals surface area contributed by atoms with Gasteiger partial charge in [0.05, 0.1) is 16.9 Å². The second-order valence-corrected chi connectivity index (χ2v) is 4.68. The molecule has 0 radical (unpaired) electrons. The number of hydrogen-bond acceptors (Lipinski definition) is 7. The molecule has 0 bridgehead atoms. The highest BCUT2D eigenvalue weighted by Crippen LogP contribution is 2.18. The molecule has 9 heteroatoms. The van der Waals surface area contributed by atoms with Crippen LogP contribution in [0.5, 0.6) is 0 Å². The second-order valence-electron chi connectivity index (χ2n) is 3.62. The van der Waals surface area contributed by atoms with Crippen LogP contribution in [0.2, 0.25) is 0 Å². The van der Waals surface area contributed by atoms with Gasteiger partial charge in [-0.2, -0.15) is 4.68 Å². The number of aromatic nitrogens is 4. The summed E-state index contributed by atoms with van der Waals surface area (Å²) in [5.74, 6) is -0.119. The molecule has 18 heavy (non-hydrogen) atoms. The second kappa shape index (κ2) is 5.08. The molecule has 1 N–H and O–H groups in total. The number of nitro groups is 1. The molecule has 2 rings (SSSR count). The summed E-state index contributed by atoms with van der Waals surface area (Å²) in [4.78, 5) is 10.2. The van der Waals surface area contributed by atoms with Gasteiger partial charge in [-0.3, -0.25) is 0 Å². The highest BCUT2D eigenvalue weighted by molar-refractivity contribution is 7.15. The fourth-order valence-electron chi connectivity index (χ4n) is 1.45. The largest absolute Gasteiger partial charge is 0.392 e. The highest BCUT2D eigenvalue weighted by Gasteiger charge is 2.18. The van der Waals surface area contributed by atoms with E-state index in [2.05, 4.69) is 20.6 Å². The molecule has 0 atom stereocenters. The zero-order valence-electron chi connectivity index (χ0n) is 9.95. The predicted molar refractivity (Wildman–Crippen MR) is 66.8 cm³/mol. The first-order valence-corrected chi connectivity index (χ1v) is 6.16. The summed E-state index contributed by atoms with van der Waals surface area (Å²) >= 11 is 1.41. The SMILES string of the molecule is CCNc1nnc(Cn2cc(C)c([N+](=O)[O-])n2)s1. The van der Waals surface area contributed by atoms with Crippen LogP contribution in [0.3, 0.4) is 0 Å². The van der Waals surface area contributed by atoms with Crippen LogP contribution in [-0.4, -0.2) is 31.4 Å². The van der Waals surface area contributed by atoms with Crippen molar-refractivity contribution in [1.29, 1.82) is 0 Å². The van der Waals surface area contributed by atoms with E-state index in [1.165, 1.54) is 16.0 Å². The molecule has 0 saturated carbocycles. The average Bonchev–Trinajstić information content (AvgIpc) is 2.87. The number of rotatable bonds is 5. The van der Waals surface area contributed by atoms with Gasteiger partial charge in [0.2, 0.25) is 5.13 Å². The smallest absolute Gasteiger partial charge is 0.360 e. The summed E-state index contributed by atoms with van der Waals surface area (Å²) in [5, 5.41) is 27.1. The van der Waals surface area contributed by atoms with Gasteiger partial charge in [0.25, 0.3) is 0 Å². The van der Waals surface area contributed by atoms with E-state index in [4.69, 9.17) is 0 Å². The van der Waals surface area contributed by atoms with Crippen LogP contribution in [0.4, 0.5) is 10.9 Å². The Morgan fingerprint density at radius 2 is 2.33 bits per heavy atom. The van der Waals surface area contributed by atoms with Crippen LogP contribution in [-0.2, 0) is 6.54 Å². The third-order valence-electron chi connectivity index (χ3n) is 2.18. The maximum absolute atomic E-state index is 10.7. The Morgan fingerprint density at radius 3 is 2.94 bits per heavy atom. The topological polar surface area (TPSA) is 98.8 Å². The molecule has 96 valence electrons. The maximum Gasteiger partial charge on any atom is 0.392 e. The first kappa shape index (κ1) is 12.4. The van der Waals surface area contributed by atoms with E-state index in [0.29, 0.717) is 12.1 Å². The molecule has 0 spiro atoms. The molecular formula is C9H12N6O2S. The van der Waals surface area contributed by atoms with Crippen LogP contribution < -0.4 is 5.32 Å². The van der Waals surface area contributed by atoms with Gasteiger partial charge in [0.1, 0.15) is 11.6 Å². The van der Waals surface area contributed by atoms with Crippen LogP contribution in [0.1, 0.15) is 17.5 Å². The first-order chi connectivity index (χ1) is 8.60. The minimum atomic E-state index is -0.490. The van der Waals surface area contributed by atoms with Gasteiger partial charge in [-0.05, 0) is 18.8 Å². The Hall–Kier alpha value is -2.03. The van der Waals surface area contributed by atoms with Gasteiger partial charge >= 0.3 is 5.82 Å². The molecule has 2 aromatic rings. The van der Waals surface area contributed by atoms with Crippen molar-refractivity contribution in [2.24, 2.45) is 0 Å². The lowest BCUT2D eigenvalue weighted by atomic mass is 10.4. The summed E-state index contributed by atoms with van der Waals surface area (Å²) in [5.41, 5.74) is 0.538. The fourth-order valence-corrected chi connectivity index (χ4v) is 2.25. The van der Waals surface area contributed by atoms with Crippen LogP contribution in [0, 0.1) is 17.0 Å². The fraction of sp³-hybridized carbons (Fsp3) is 0.444. The third-order valence-corrected chi connectivity index (χ3v) is 3.05. The molecular weight excluding hydrogens is 256 g/mol. The molecule has 0 saturated heterocycles. The van der Waals surface area contributed by atoms with Gasteiger partial charge in [-0.15, -0.1) is 10.2 Å². The zero-order valence-corrected chi connectivity index (χ0v) is 10.8. The zero-order chi connectivity index (χ0) is 13.1. The molecule has 2 aromatic heterocycles. The Kier molecular flexibility index (Phi) is 3.51. The van der Waals surface area contributed by atoms with E-state index >= 15 is 0 Å². The summed E-state index contributed by atoms with van der Waals surface area (Å²) < 4.78 is 1.50. The lowest BCUT2D eigenvalue weighted by Gasteiger charge is -1.92. The normalized spacial score (nSPS) is 10.6. The predicted octanol–water partition coefficient (Wildman–Crippen LogP) is 1.43. The van der Waals surface area contributed by atoms with E-state index in [-0.39, 0.29) is 5.82 Å². The molecule has 8 nitrogen and oxygen atoms in total. The van der Waals surface area contributed by atoms with E-state index in [9.17, 15) is 10.1 Å².